The van der Waals surface area contributed by atoms with Gasteiger partial charge in [0.05, 0.1) is 0 Å². The molecule has 0 spiro atoms. The van der Waals surface area contributed by atoms with E-state index in [2.05, 4.69) is 10.3 Å². The first kappa shape index (κ1) is 23.1. The zero-order valence-corrected chi connectivity index (χ0v) is 19.7. The Balaban J connectivity index is 1.33. The number of hydrogen-bond acceptors (Lipinski definition) is 7. The van der Waals surface area contributed by atoms with Crippen LogP contribution in [0.1, 0.15) is 22.7 Å². The number of oxazole rings is 1. The molecule has 2 aliphatic heterocycles. The molecule has 2 saturated heterocycles. The number of amides is 4. The van der Waals surface area contributed by atoms with Gasteiger partial charge in [-0.05, 0) is 11.1 Å². The Kier molecular flexibility index (Phi) is 5.90. The molecule has 10 nitrogen and oxygen atoms in total. The molecule has 4 amide bonds. The molecule has 182 valence electrons. The van der Waals surface area contributed by atoms with Crippen molar-refractivity contribution in [1.29, 1.82) is 5.26 Å². The summed E-state index contributed by atoms with van der Waals surface area (Å²) >= 11 is 0. The van der Waals surface area contributed by atoms with Gasteiger partial charge >= 0.3 is 6.03 Å². The third-order valence-corrected chi connectivity index (χ3v) is 6.55. The number of aryl methyl sites for hydroxylation is 1. The number of urea groups is 1. The number of hydrogen-bond donors (Lipinski definition) is 1. The molecule has 2 fully saturated rings. The number of imide groups is 1. The van der Waals surface area contributed by atoms with E-state index in [0.717, 1.165) is 4.90 Å². The molecular weight excluding hydrogens is 460 g/mol. The highest BCUT2D eigenvalue weighted by atomic mass is 16.4. The van der Waals surface area contributed by atoms with Gasteiger partial charge in [-0.15, -0.1) is 0 Å². The molecule has 1 N–H and O–H groups in total. The summed E-state index contributed by atoms with van der Waals surface area (Å²) in [4.78, 5) is 48.5. The Morgan fingerprint density at radius 3 is 2.17 bits per heavy atom. The summed E-state index contributed by atoms with van der Waals surface area (Å²) in [5.41, 5.74) is 0.0449. The second-order valence-electron chi connectivity index (χ2n) is 8.67. The summed E-state index contributed by atoms with van der Waals surface area (Å²) in [5.74, 6) is -0.0253. The van der Waals surface area contributed by atoms with E-state index < -0.39 is 17.5 Å². The summed E-state index contributed by atoms with van der Waals surface area (Å²) < 4.78 is 5.57. The van der Waals surface area contributed by atoms with Gasteiger partial charge in [0.1, 0.15) is 12.6 Å². The molecule has 0 radical (unpaired) electrons. The maximum Gasteiger partial charge on any atom is 0.326 e. The Morgan fingerprint density at radius 2 is 1.61 bits per heavy atom. The van der Waals surface area contributed by atoms with Crippen molar-refractivity contribution in [2.75, 3.05) is 37.6 Å². The second kappa shape index (κ2) is 9.19. The lowest BCUT2D eigenvalue weighted by molar-refractivity contribution is -0.138. The van der Waals surface area contributed by atoms with Crippen LogP contribution < -0.4 is 10.2 Å². The Bertz CT molecular complexity index is 1300. The van der Waals surface area contributed by atoms with Gasteiger partial charge in [0.25, 0.3) is 5.91 Å². The van der Waals surface area contributed by atoms with Gasteiger partial charge in [0, 0.05) is 33.1 Å². The average Bonchev–Trinajstić information content (AvgIpc) is 3.42. The standard InChI is InChI=1S/C26H24N6O4/c1-18-28-21(16-27)23(36-18)31-14-12-30(13-15-31)22(33)17-32-24(34)26(29-25(32)35,19-8-4-2-5-9-19)20-10-6-3-7-11-20/h2-11H,12-15,17H2,1H3,(H,29,35). The van der Waals surface area contributed by atoms with E-state index in [4.69, 9.17) is 4.42 Å². The van der Waals surface area contributed by atoms with Gasteiger partial charge in [-0.3, -0.25) is 14.5 Å². The van der Waals surface area contributed by atoms with E-state index in [9.17, 15) is 19.6 Å². The highest BCUT2D eigenvalue weighted by Gasteiger charge is 2.54. The van der Waals surface area contributed by atoms with Crippen LogP contribution >= 0.6 is 0 Å². The topological polar surface area (TPSA) is 123 Å². The van der Waals surface area contributed by atoms with Crippen LogP contribution in [0.2, 0.25) is 0 Å². The summed E-state index contributed by atoms with van der Waals surface area (Å²) in [6.45, 7) is 2.90. The fourth-order valence-corrected chi connectivity index (χ4v) is 4.75. The molecule has 36 heavy (non-hydrogen) atoms. The van der Waals surface area contributed by atoms with Gasteiger partial charge < -0.3 is 19.5 Å². The van der Waals surface area contributed by atoms with Crippen molar-refractivity contribution in [3.8, 4) is 6.07 Å². The molecule has 0 unspecified atom stereocenters. The molecule has 0 atom stereocenters. The van der Waals surface area contributed by atoms with Gasteiger partial charge in [0.15, 0.2) is 11.4 Å². The smallest absolute Gasteiger partial charge is 0.326 e. The molecule has 1 aromatic heterocycles. The van der Waals surface area contributed by atoms with Crippen molar-refractivity contribution in [2.45, 2.75) is 12.5 Å². The Hall–Kier alpha value is -4.65. The summed E-state index contributed by atoms with van der Waals surface area (Å²) in [7, 11) is 0. The largest absolute Gasteiger partial charge is 0.424 e. The number of carbonyl (C=O) groups is 3. The average molecular weight is 485 g/mol. The van der Waals surface area contributed by atoms with Crippen molar-refractivity contribution in [2.24, 2.45) is 0 Å². The lowest BCUT2D eigenvalue weighted by Gasteiger charge is -2.35. The molecule has 2 aliphatic rings. The first-order valence-electron chi connectivity index (χ1n) is 11.6. The number of nitrogens with one attached hydrogen (secondary N) is 1. The molecule has 0 aliphatic carbocycles. The predicted octanol–water partition coefficient (Wildman–Crippen LogP) is 2.00. The SMILES string of the molecule is Cc1nc(C#N)c(N2CCN(C(=O)CN3C(=O)NC(c4ccccc4)(c4ccccc4)C3=O)CC2)o1. The van der Waals surface area contributed by atoms with Gasteiger partial charge in [-0.2, -0.15) is 5.26 Å². The highest BCUT2D eigenvalue weighted by molar-refractivity contribution is 6.11. The van der Waals surface area contributed by atoms with E-state index in [1.54, 1.807) is 60.4 Å². The molecule has 0 saturated carbocycles. The third kappa shape index (κ3) is 3.84. The van der Waals surface area contributed by atoms with Crippen molar-refractivity contribution < 1.29 is 18.8 Å². The number of piperazine rings is 1. The summed E-state index contributed by atoms with van der Waals surface area (Å²) in [5, 5.41) is 12.1. The van der Waals surface area contributed by atoms with E-state index >= 15 is 0 Å². The van der Waals surface area contributed by atoms with Gasteiger partial charge in [0.2, 0.25) is 17.5 Å². The minimum Gasteiger partial charge on any atom is -0.424 e. The zero-order valence-electron chi connectivity index (χ0n) is 19.7. The van der Waals surface area contributed by atoms with Gasteiger partial charge in [-0.1, -0.05) is 60.7 Å². The van der Waals surface area contributed by atoms with E-state index in [1.807, 2.05) is 23.1 Å². The normalized spacial score (nSPS) is 17.2. The minimum atomic E-state index is -1.41. The molecule has 10 heteroatoms. The molecule has 3 heterocycles. The first-order valence-corrected chi connectivity index (χ1v) is 11.6. The molecule has 2 aromatic carbocycles. The first-order chi connectivity index (χ1) is 17.4. The van der Waals surface area contributed by atoms with Crippen LogP contribution in [0.25, 0.3) is 0 Å². The van der Waals surface area contributed by atoms with Crippen LogP contribution in [0.5, 0.6) is 0 Å². The predicted molar refractivity (Wildman–Crippen MR) is 129 cm³/mol. The Labute approximate surface area is 207 Å². The number of carbonyl (C=O) groups excluding carboxylic acids is 3. The monoisotopic (exact) mass is 484 g/mol. The van der Waals surface area contributed by atoms with Crippen molar-refractivity contribution >= 4 is 23.7 Å². The third-order valence-electron chi connectivity index (χ3n) is 6.55. The van der Waals surface area contributed by atoms with Crippen molar-refractivity contribution in [1.82, 2.24) is 20.1 Å². The molecular formula is C26H24N6O4. The number of anilines is 1. The number of aromatic nitrogens is 1. The lowest BCUT2D eigenvalue weighted by atomic mass is 9.82. The lowest BCUT2D eigenvalue weighted by Crippen LogP contribution is -2.52. The van der Waals surface area contributed by atoms with Crippen molar-refractivity contribution in [3.05, 3.63) is 83.4 Å². The molecule has 3 aromatic rings. The van der Waals surface area contributed by atoms with E-state index in [-0.39, 0.29) is 18.1 Å². The number of nitriles is 1. The van der Waals surface area contributed by atoms with Gasteiger partial charge in [-0.25, -0.2) is 9.78 Å². The van der Waals surface area contributed by atoms with Crippen LogP contribution in [0, 0.1) is 18.3 Å². The Morgan fingerprint density at radius 1 is 1.03 bits per heavy atom. The maximum atomic E-state index is 13.8. The van der Waals surface area contributed by atoms with Crippen LogP contribution in [-0.2, 0) is 15.1 Å². The summed E-state index contributed by atoms with van der Waals surface area (Å²) in [6, 6.07) is 19.5. The molecule has 0 bridgehead atoms. The second-order valence-corrected chi connectivity index (χ2v) is 8.67. The quantitative estimate of drug-likeness (QED) is 0.550. The van der Waals surface area contributed by atoms with Crippen LogP contribution in [0.15, 0.2) is 65.1 Å². The maximum absolute atomic E-state index is 13.8. The number of benzene rings is 2. The van der Waals surface area contributed by atoms with E-state index in [0.29, 0.717) is 49.1 Å². The fourth-order valence-electron chi connectivity index (χ4n) is 4.75. The number of rotatable bonds is 5. The van der Waals surface area contributed by atoms with Crippen LogP contribution in [-0.4, -0.2) is 65.4 Å². The highest BCUT2D eigenvalue weighted by Crippen LogP contribution is 2.36. The fraction of sp³-hybridized carbons (Fsp3) is 0.269. The van der Waals surface area contributed by atoms with Crippen molar-refractivity contribution in [3.63, 3.8) is 0 Å². The van der Waals surface area contributed by atoms with Crippen LogP contribution in [0.4, 0.5) is 10.7 Å². The summed E-state index contributed by atoms with van der Waals surface area (Å²) in [6.07, 6.45) is 0. The minimum absolute atomic E-state index is 0.213. The molecule has 5 rings (SSSR count). The zero-order chi connectivity index (χ0) is 25.3. The number of nitrogens with zero attached hydrogens (tertiary/aromatic N) is 5. The van der Waals surface area contributed by atoms with Crippen LogP contribution in [0.3, 0.4) is 0 Å². The van der Waals surface area contributed by atoms with E-state index in [1.165, 1.54) is 0 Å².